The van der Waals surface area contributed by atoms with Crippen LogP contribution in [0.2, 0.25) is 0 Å². The second-order valence-electron chi connectivity index (χ2n) is 7.16. The van der Waals surface area contributed by atoms with Gasteiger partial charge in [0, 0.05) is 11.1 Å². The molecule has 0 saturated carbocycles. The van der Waals surface area contributed by atoms with Gasteiger partial charge in [-0.1, -0.05) is 24.3 Å². The van der Waals surface area contributed by atoms with E-state index in [0.717, 1.165) is 5.56 Å². The lowest BCUT2D eigenvalue weighted by atomic mass is 9.98. The van der Waals surface area contributed by atoms with Crippen LogP contribution in [0.15, 0.2) is 47.5 Å². The molecule has 0 heterocycles. The number of methoxy groups -OCH3 is 1. The molecule has 0 saturated heterocycles. The molecule has 0 bridgehead atoms. The number of benzene rings is 2. The minimum Gasteiger partial charge on any atom is -0.497 e. The second kappa shape index (κ2) is 9.32. The van der Waals surface area contributed by atoms with Gasteiger partial charge in [-0.15, -0.1) is 0 Å². The maximum absolute atomic E-state index is 13.8. The third kappa shape index (κ3) is 4.64. The molecule has 0 aromatic heterocycles. The lowest BCUT2D eigenvalue weighted by molar-refractivity contribution is -0.0686. The lowest BCUT2D eigenvalue weighted by Crippen LogP contribution is -2.37. The van der Waals surface area contributed by atoms with Crippen molar-refractivity contribution in [1.29, 1.82) is 0 Å². The Labute approximate surface area is 183 Å². The van der Waals surface area contributed by atoms with E-state index in [2.05, 4.69) is 11.7 Å². The predicted molar refractivity (Wildman–Crippen MR) is 113 cm³/mol. The predicted octanol–water partition coefficient (Wildman–Crippen LogP) is 5.30. The van der Waals surface area contributed by atoms with Crippen molar-refractivity contribution >= 4 is 28.2 Å². The second-order valence-corrected chi connectivity index (χ2v) is 8.78. The Morgan fingerprint density at radius 2 is 1.81 bits per heavy atom. The van der Waals surface area contributed by atoms with E-state index in [4.69, 9.17) is 8.92 Å². The molecule has 0 radical (unpaired) electrons. The molecule has 1 aliphatic carbocycles. The maximum atomic E-state index is 13.8. The molecular formula is C22H21F4NO4S. The van der Waals surface area contributed by atoms with Gasteiger partial charge in [0.05, 0.1) is 13.7 Å². The number of rotatable bonds is 8. The molecule has 0 atom stereocenters. The fourth-order valence-corrected chi connectivity index (χ4v) is 4.18. The molecule has 3 rings (SSSR count). The van der Waals surface area contributed by atoms with Gasteiger partial charge < -0.3 is 8.92 Å². The van der Waals surface area contributed by atoms with Gasteiger partial charge in [0.2, 0.25) is 0 Å². The number of hydrogen-bond donors (Lipinski definition) is 0. The summed E-state index contributed by atoms with van der Waals surface area (Å²) in [5.41, 5.74) is 2.50. The average Bonchev–Trinajstić information content (AvgIpc) is 2.93. The normalized spacial score (nSPS) is 14.7. The van der Waals surface area contributed by atoms with Gasteiger partial charge in [0.15, 0.2) is 5.76 Å². The van der Waals surface area contributed by atoms with Gasteiger partial charge in [-0.05, 0) is 60.9 Å². The number of hydrogen-bond acceptors (Lipinski definition) is 5. The molecule has 1 aliphatic rings. The van der Waals surface area contributed by atoms with E-state index < -0.39 is 27.6 Å². The van der Waals surface area contributed by atoms with Crippen LogP contribution in [0.4, 0.5) is 17.6 Å². The molecule has 0 aliphatic heterocycles. The molecule has 2 aromatic rings. The fourth-order valence-electron chi connectivity index (χ4n) is 3.44. The standard InChI is InChI=1S/C22H21F4NO4S/c1-27-13-14-6-8-15(9-7-14)18-5-3-4-16-12-17(30-2)10-11-19(16)20(18)31-32(28,29)22(25,26)21(23)24/h6-12,21H,1,3-5,13H2,2H3. The van der Waals surface area contributed by atoms with Crippen LogP contribution in [0.25, 0.3) is 11.3 Å². The molecule has 0 fully saturated rings. The number of halogens is 4. The zero-order chi connectivity index (χ0) is 23.5. The summed E-state index contributed by atoms with van der Waals surface area (Å²) in [6.07, 6.45) is -3.14. The van der Waals surface area contributed by atoms with Crippen LogP contribution in [-0.4, -0.2) is 33.9 Å². The van der Waals surface area contributed by atoms with Crippen LogP contribution < -0.4 is 4.74 Å². The van der Waals surface area contributed by atoms with Crippen molar-refractivity contribution < 1.29 is 34.9 Å². The number of allylic oxidation sites excluding steroid dienone is 1. The Hall–Kier alpha value is -2.88. The first-order valence-electron chi connectivity index (χ1n) is 9.63. The topological polar surface area (TPSA) is 65.0 Å². The lowest BCUT2D eigenvalue weighted by Gasteiger charge is -2.21. The van der Waals surface area contributed by atoms with E-state index in [1.807, 2.05) is 0 Å². The Kier molecular flexibility index (Phi) is 6.92. The van der Waals surface area contributed by atoms with Crippen LogP contribution >= 0.6 is 0 Å². The van der Waals surface area contributed by atoms with E-state index in [1.165, 1.54) is 19.2 Å². The first kappa shape index (κ1) is 23.8. The minimum atomic E-state index is -5.99. The van der Waals surface area contributed by atoms with Crippen LogP contribution in [0, 0.1) is 0 Å². The van der Waals surface area contributed by atoms with E-state index in [-0.39, 0.29) is 12.0 Å². The van der Waals surface area contributed by atoms with Crippen LogP contribution in [-0.2, 0) is 27.3 Å². The first-order chi connectivity index (χ1) is 15.1. The van der Waals surface area contributed by atoms with Crippen molar-refractivity contribution in [3.63, 3.8) is 0 Å². The SMILES string of the molecule is C=NCc1ccc(C2=C(OS(=O)(=O)C(F)(F)C(F)F)c3ccc(OC)cc3CCC2)cc1. The Morgan fingerprint density at radius 3 is 2.41 bits per heavy atom. The molecule has 0 N–H and O–H groups in total. The molecule has 32 heavy (non-hydrogen) atoms. The van der Waals surface area contributed by atoms with Gasteiger partial charge in [-0.25, -0.2) is 8.78 Å². The number of aliphatic imine (C=N–C) groups is 1. The third-order valence-electron chi connectivity index (χ3n) is 5.08. The maximum Gasteiger partial charge on any atom is 0.439 e. The van der Waals surface area contributed by atoms with Crippen molar-refractivity contribution in [2.45, 2.75) is 37.5 Å². The Morgan fingerprint density at radius 1 is 1.12 bits per heavy atom. The summed E-state index contributed by atoms with van der Waals surface area (Å²) in [7, 11) is -4.54. The summed E-state index contributed by atoms with van der Waals surface area (Å²) in [5, 5.41) is -5.37. The van der Waals surface area contributed by atoms with Crippen LogP contribution in [0.3, 0.4) is 0 Å². The van der Waals surface area contributed by atoms with Crippen molar-refractivity contribution in [2.75, 3.05) is 7.11 Å². The molecule has 172 valence electrons. The van der Waals surface area contributed by atoms with E-state index in [1.54, 1.807) is 30.3 Å². The van der Waals surface area contributed by atoms with Gasteiger partial charge >= 0.3 is 21.8 Å². The quantitative estimate of drug-likeness (QED) is 0.298. The summed E-state index contributed by atoms with van der Waals surface area (Å²) in [6, 6.07) is 11.4. The van der Waals surface area contributed by atoms with E-state index in [0.29, 0.717) is 41.8 Å². The molecule has 2 aromatic carbocycles. The van der Waals surface area contributed by atoms with E-state index in [9.17, 15) is 26.0 Å². The highest BCUT2D eigenvalue weighted by Crippen LogP contribution is 2.41. The molecule has 10 heteroatoms. The zero-order valence-electron chi connectivity index (χ0n) is 17.2. The monoisotopic (exact) mass is 471 g/mol. The highest BCUT2D eigenvalue weighted by atomic mass is 32.2. The van der Waals surface area contributed by atoms with Gasteiger partial charge in [0.25, 0.3) is 0 Å². The number of alkyl halides is 4. The van der Waals surface area contributed by atoms with Gasteiger partial charge in [0.1, 0.15) is 5.75 Å². The largest absolute Gasteiger partial charge is 0.497 e. The zero-order valence-corrected chi connectivity index (χ0v) is 18.0. The molecular weight excluding hydrogens is 450 g/mol. The number of fused-ring (bicyclic) bond motifs is 1. The van der Waals surface area contributed by atoms with Crippen molar-refractivity contribution in [2.24, 2.45) is 4.99 Å². The number of aryl methyl sites for hydroxylation is 1. The first-order valence-corrected chi connectivity index (χ1v) is 11.0. The van der Waals surface area contributed by atoms with Gasteiger partial charge in [-0.2, -0.15) is 17.2 Å². The van der Waals surface area contributed by atoms with Crippen molar-refractivity contribution in [3.8, 4) is 5.75 Å². The molecule has 0 unspecified atom stereocenters. The summed E-state index contributed by atoms with van der Waals surface area (Å²) in [4.78, 5) is 3.78. The summed E-state index contributed by atoms with van der Waals surface area (Å²) in [6.45, 7) is 3.78. The van der Waals surface area contributed by atoms with Crippen LogP contribution in [0.5, 0.6) is 5.75 Å². The summed E-state index contributed by atoms with van der Waals surface area (Å²) < 4.78 is 87.6. The van der Waals surface area contributed by atoms with Crippen LogP contribution in [0.1, 0.15) is 35.1 Å². The molecule has 0 amide bonds. The highest BCUT2D eigenvalue weighted by Gasteiger charge is 2.57. The Bertz CT molecular complexity index is 1130. The van der Waals surface area contributed by atoms with Crippen molar-refractivity contribution in [3.05, 3.63) is 64.7 Å². The van der Waals surface area contributed by atoms with E-state index >= 15 is 0 Å². The summed E-state index contributed by atoms with van der Waals surface area (Å²) >= 11 is 0. The Balaban J connectivity index is 2.20. The minimum absolute atomic E-state index is 0.226. The molecule has 0 spiro atoms. The number of ether oxygens (including phenoxy) is 1. The van der Waals surface area contributed by atoms with Crippen molar-refractivity contribution in [1.82, 2.24) is 0 Å². The smallest absolute Gasteiger partial charge is 0.439 e. The van der Waals surface area contributed by atoms with Gasteiger partial charge in [-0.3, -0.25) is 4.99 Å². The highest BCUT2D eigenvalue weighted by molar-refractivity contribution is 7.88. The summed E-state index contributed by atoms with van der Waals surface area (Å²) in [5.74, 6) is 0.0867. The number of nitrogens with zero attached hydrogens (tertiary/aromatic N) is 1. The fraction of sp³-hybridized carbons (Fsp3) is 0.318. The molecule has 5 nitrogen and oxygen atoms in total. The average molecular weight is 471 g/mol. The third-order valence-corrected chi connectivity index (χ3v) is 6.31.